The van der Waals surface area contributed by atoms with Crippen molar-refractivity contribution in [3.8, 4) is 0 Å². The van der Waals surface area contributed by atoms with Gasteiger partial charge in [-0.3, -0.25) is 9.59 Å². The summed E-state index contributed by atoms with van der Waals surface area (Å²) in [7, 11) is 0. The molecule has 3 rings (SSSR count). The lowest BCUT2D eigenvalue weighted by Crippen LogP contribution is -2.48. The van der Waals surface area contributed by atoms with Crippen molar-refractivity contribution in [3.05, 3.63) is 35.9 Å². The maximum absolute atomic E-state index is 12.3. The van der Waals surface area contributed by atoms with Gasteiger partial charge in [0.1, 0.15) is 0 Å². The highest BCUT2D eigenvalue weighted by Gasteiger charge is 2.38. The minimum absolute atomic E-state index is 0.0255. The Morgan fingerprint density at radius 1 is 1.09 bits per heavy atom. The van der Waals surface area contributed by atoms with Crippen molar-refractivity contribution in [1.29, 1.82) is 0 Å². The number of nitrogens with zero attached hydrogens (tertiary/aromatic N) is 1. The van der Waals surface area contributed by atoms with E-state index in [-0.39, 0.29) is 23.8 Å². The maximum Gasteiger partial charge on any atom is 0.239 e. The summed E-state index contributed by atoms with van der Waals surface area (Å²) >= 11 is 0. The lowest BCUT2D eigenvalue weighted by atomic mass is 9.64. The molecule has 1 aliphatic heterocycles. The Balaban J connectivity index is 1.55. The smallest absolute Gasteiger partial charge is 0.239 e. The van der Waals surface area contributed by atoms with E-state index in [1.165, 1.54) is 12.0 Å². The first kappa shape index (κ1) is 16.0. The van der Waals surface area contributed by atoms with Crippen LogP contribution < -0.4 is 5.32 Å². The molecule has 1 saturated heterocycles. The van der Waals surface area contributed by atoms with Crippen LogP contribution in [0.1, 0.15) is 50.5 Å². The normalized spacial score (nSPS) is 20.5. The average molecular weight is 314 g/mol. The van der Waals surface area contributed by atoms with Crippen LogP contribution in [0.15, 0.2) is 30.3 Å². The van der Waals surface area contributed by atoms with E-state index >= 15 is 0 Å². The third-order valence-electron chi connectivity index (χ3n) is 5.33. The third kappa shape index (κ3) is 3.74. The summed E-state index contributed by atoms with van der Waals surface area (Å²) < 4.78 is 0. The molecular formula is C19H26N2O2. The highest BCUT2D eigenvalue weighted by atomic mass is 16.2. The van der Waals surface area contributed by atoms with Gasteiger partial charge in [0.25, 0.3) is 0 Å². The molecule has 4 nitrogen and oxygen atoms in total. The third-order valence-corrected chi connectivity index (χ3v) is 5.33. The van der Waals surface area contributed by atoms with E-state index in [1.54, 1.807) is 4.90 Å². The number of benzene rings is 1. The Hall–Kier alpha value is -1.84. The Labute approximate surface area is 138 Å². The molecule has 2 fully saturated rings. The van der Waals surface area contributed by atoms with Gasteiger partial charge in [0.15, 0.2) is 0 Å². The topological polar surface area (TPSA) is 49.4 Å². The second kappa shape index (κ2) is 7.16. The Bertz CT molecular complexity index is 552. The first-order valence-electron chi connectivity index (χ1n) is 8.80. The van der Waals surface area contributed by atoms with Gasteiger partial charge in [0, 0.05) is 24.9 Å². The molecule has 1 aromatic carbocycles. The maximum atomic E-state index is 12.3. The zero-order chi connectivity index (χ0) is 16.1. The molecule has 1 aliphatic carbocycles. The van der Waals surface area contributed by atoms with Crippen molar-refractivity contribution in [3.63, 3.8) is 0 Å². The molecule has 0 unspecified atom stereocenters. The SMILES string of the molecule is O=C(CN1CCCCCC1=O)NCC1(c2ccccc2)CCC1. The molecule has 0 bridgehead atoms. The van der Waals surface area contributed by atoms with Gasteiger partial charge in [-0.25, -0.2) is 0 Å². The average Bonchev–Trinajstić information content (AvgIpc) is 2.72. The molecule has 0 aromatic heterocycles. The van der Waals surface area contributed by atoms with Crippen LogP contribution in [0.3, 0.4) is 0 Å². The molecule has 0 atom stereocenters. The molecule has 1 heterocycles. The van der Waals surface area contributed by atoms with Gasteiger partial charge in [-0.2, -0.15) is 0 Å². The lowest BCUT2D eigenvalue weighted by molar-refractivity contribution is -0.135. The van der Waals surface area contributed by atoms with Crippen molar-refractivity contribution in [2.75, 3.05) is 19.6 Å². The summed E-state index contributed by atoms with van der Waals surface area (Å²) in [4.78, 5) is 26.0. The van der Waals surface area contributed by atoms with Gasteiger partial charge in [0.05, 0.1) is 6.54 Å². The van der Waals surface area contributed by atoms with E-state index in [0.717, 1.165) is 38.6 Å². The predicted molar refractivity (Wildman–Crippen MR) is 90.0 cm³/mol. The van der Waals surface area contributed by atoms with Gasteiger partial charge in [-0.15, -0.1) is 0 Å². The number of carbonyl (C=O) groups is 2. The first-order valence-corrected chi connectivity index (χ1v) is 8.80. The summed E-state index contributed by atoms with van der Waals surface area (Å²) in [5, 5.41) is 3.08. The van der Waals surface area contributed by atoms with E-state index in [9.17, 15) is 9.59 Å². The lowest BCUT2D eigenvalue weighted by Gasteiger charge is -2.42. The number of amides is 2. The molecule has 1 aromatic rings. The van der Waals surface area contributed by atoms with Crippen LogP contribution in [-0.4, -0.2) is 36.3 Å². The number of hydrogen-bond acceptors (Lipinski definition) is 2. The number of carbonyl (C=O) groups excluding carboxylic acids is 2. The van der Waals surface area contributed by atoms with Crippen molar-refractivity contribution < 1.29 is 9.59 Å². The van der Waals surface area contributed by atoms with E-state index in [4.69, 9.17) is 0 Å². The molecule has 0 spiro atoms. The molecule has 23 heavy (non-hydrogen) atoms. The molecule has 1 saturated carbocycles. The minimum Gasteiger partial charge on any atom is -0.354 e. The highest BCUT2D eigenvalue weighted by Crippen LogP contribution is 2.43. The molecule has 124 valence electrons. The summed E-state index contributed by atoms with van der Waals surface area (Å²) in [5.41, 5.74) is 1.41. The van der Waals surface area contributed by atoms with Crippen LogP contribution in [0.2, 0.25) is 0 Å². The standard InChI is InChI=1S/C19H26N2O2/c22-17(14-21-13-6-2-5-10-18(21)23)20-15-19(11-7-12-19)16-8-3-1-4-9-16/h1,3-4,8-9H,2,5-7,10-15H2,(H,20,22). The molecule has 2 amide bonds. The van der Waals surface area contributed by atoms with E-state index < -0.39 is 0 Å². The highest BCUT2D eigenvalue weighted by molar-refractivity contribution is 5.85. The zero-order valence-corrected chi connectivity index (χ0v) is 13.7. The fourth-order valence-corrected chi connectivity index (χ4v) is 3.67. The fraction of sp³-hybridized carbons (Fsp3) is 0.579. The largest absolute Gasteiger partial charge is 0.354 e. The second-order valence-electron chi connectivity index (χ2n) is 6.90. The van der Waals surface area contributed by atoms with E-state index in [0.29, 0.717) is 13.0 Å². The molecule has 2 aliphatic rings. The minimum atomic E-state index is -0.0255. The van der Waals surface area contributed by atoms with Gasteiger partial charge < -0.3 is 10.2 Å². The second-order valence-corrected chi connectivity index (χ2v) is 6.90. The molecule has 4 heteroatoms. The number of hydrogen-bond donors (Lipinski definition) is 1. The Kier molecular flexibility index (Phi) is 4.99. The quantitative estimate of drug-likeness (QED) is 0.908. The van der Waals surface area contributed by atoms with E-state index in [1.807, 2.05) is 6.07 Å². The van der Waals surface area contributed by atoms with Crippen molar-refractivity contribution in [2.45, 2.75) is 50.4 Å². The Morgan fingerprint density at radius 3 is 2.57 bits per heavy atom. The van der Waals surface area contributed by atoms with Crippen LogP contribution in [0.5, 0.6) is 0 Å². The summed E-state index contributed by atoms with van der Waals surface area (Å²) in [5.74, 6) is 0.0986. The zero-order valence-electron chi connectivity index (χ0n) is 13.7. The summed E-state index contributed by atoms with van der Waals surface area (Å²) in [6.45, 7) is 1.61. The molecule has 1 N–H and O–H groups in total. The monoisotopic (exact) mass is 314 g/mol. The van der Waals surface area contributed by atoms with Crippen molar-refractivity contribution in [1.82, 2.24) is 10.2 Å². The van der Waals surface area contributed by atoms with Crippen LogP contribution in [0.25, 0.3) is 0 Å². The predicted octanol–water partition coefficient (Wildman–Crippen LogP) is 2.63. The van der Waals surface area contributed by atoms with Gasteiger partial charge in [0.2, 0.25) is 11.8 Å². The van der Waals surface area contributed by atoms with Gasteiger partial charge in [-0.1, -0.05) is 43.2 Å². The van der Waals surface area contributed by atoms with E-state index in [2.05, 4.69) is 29.6 Å². The summed E-state index contributed by atoms with van der Waals surface area (Å²) in [6, 6.07) is 10.5. The van der Waals surface area contributed by atoms with Crippen LogP contribution in [0, 0.1) is 0 Å². The fourth-order valence-electron chi connectivity index (χ4n) is 3.67. The van der Waals surface area contributed by atoms with Gasteiger partial charge in [-0.05, 0) is 31.2 Å². The number of likely N-dealkylation sites (tertiary alicyclic amines) is 1. The summed E-state index contributed by atoms with van der Waals surface area (Å²) in [6.07, 6.45) is 7.10. The Morgan fingerprint density at radius 2 is 1.87 bits per heavy atom. The first-order chi connectivity index (χ1) is 11.2. The number of nitrogens with one attached hydrogen (secondary N) is 1. The van der Waals surface area contributed by atoms with Crippen LogP contribution in [-0.2, 0) is 15.0 Å². The van der Waals surface area contributed by atoms with Crippen molar-refractivity contribution >= 4 is 11.8 Å². The molecule has 0 radical (unpaired) electrons. The number of rotatable bonds is 5. The van der Waals surface area contributed by atoms with Crippen LogP contribution in [0.4, 0.5) is 0 Å². The van der Waals surface area contributed by atoms with Crippen molar-refractivity contribution in [2.24, 2.45) is 0 Å². The molecular weight excluding hydrogens is 288 g/mol. The van der Waals surface area contributed by atoms with Crippen LogP contribution >= 0.6 is 0 Å². The van der Waals surface area contributed by atoms with Gasteiger partial charge >= 0.3 is 0 Å².